The van der Waals surface area contributed by atoms with Crippen LogP contribution in [0.15, 0.2) is 49.1 Å². The van der Waals surface area contributed by atoms with E-state index in [0.717, 1.165) is 11.1 Å². The highest BCUT2D eigenvalue weighted by atomic mass is 16.1. The SMILES string of the molecule is O=C1/C(=C\c2ncc[nH]2)c2ccccc2/C1=C/c1ncc[nH]1. The third-order valence-electron chi connectivity index (χ3n) is 3.60. The molecule has 2 N–H and O–H groups in total. The standard InChI is InChI=1S/C17H12N4O/c22-17-13(9-15-18-5-6-19-15)11-3-1-2-4-12(11)14(17)10-16-20-7-8-21-16/h1-10H,(H,18,19)(H,20,21)/b13-9-,14-10-. The summed E-state index contributed by atoms with van der Waals surface area (Å²) in [4.78, 5) is 27.1. The van der Waals surface area contributed by atoms with Gasteiger partial charge in [0.2, 0.25) is 0 Å². The Hall–Kier alpha value is -3.21. The summed E-state index contributed by atoms with van der Waals surface area (Å²) in [6, 6.07) is 7.76. The van der Waals surface area contributed by atoms with Crippen LogP contribution in [0.4, 0.5) is 0 Å². The van der Waals surface area contributed by atoms with E-state index in [9.17, 15) is 4.79 Å². The molecule has 2 aromatic heterocycles. The number of carbonyl (C=O) groups is 1. The number of nitrogens with one attached hydrogen (secondary N) is 2. The molecule has 0 saturated heterocycles. The second kappa shape index (κ2) is 4.96. The molecule has 0 aliphatic heterocycles. The van der Waals surface area contributed by atoms with Gasteiger partial charge in [-0.3, -0.25) is 4.79 Å². The molecule has 1 aromatic carbocycles. The Morgan fingerprint density at radius 1 is 0.818 bits per heavy atom. The van der Waals surface area contributed by atoms with Crippen molar-refractivity contribution in [2.24, 2.45) is 0 Å². The summed E-state index contributed by atoms with van der Waals surface area (Å²) < 4.78 is 0. The number of allylic oxidation sites excluding steroid dienone is 2. The summed E-state index contributed by atoms with van der Waals surface area (Å²) in [5, 5.41) is 0. The number of rotatable bonds is 2. The zero-order chi connectivity index (χ0) is 14.9. The Balaban J connectivity index is 1.89. The number of nitrogens with zero attached hydrogens (tertiary/aromatic N) is 2. The first kappa shape index (κ1) is 12.5. The fourth-order valence-corrected chi connectivity index (χ4v) is 2.62. The average Bonchev–Trinajstić information content (AvgIpc) is 3.27. The van der Waals surface area contributed by atoms with Gasteiger partial charge in [-0.2, -0.15) is 0 Å². The van der Waals surface area contributed by atoms with Gasteiger partial charge < -0.3 is 9.97 Å². The number of imidazole rings is 2. The van der Waals surface area contributed by atoms with Crippen molar-refractivity contribution in [3.63, 3.8) is 0 Å². The van der Waals surface area contributed by atoms with Gasteiger partial charge in [0, 0.05) is 35.9 Å². The number of aromatic amines is 2. The number of hydrogen-bond donors (Lipinski definition) is 2. The predicted octanol–water partition coefficient (Wildman–Crippen LogP) is 2.80. The van der Waals surface area contributed by atoms with Crippen molar-refractivity contribution < 1.29 is 4.79 Å². The quantitative estimate of drug-likeness (QED) is 0.712. The monoisotopic (exact) mass is 288 g/mol. The molecule has 4 rings (SSSR count). The van der Waals surface area contributed by atoms with E-state index in [1.807, 2.05) is 24.3 Å². The van der Waals surface area contributed by atoms with Crippen molar-refractivity contribution in [1.82, 2.24) is 19.9 Å². The van der Waals surface area contributed by atoms with Crippen LogP contribution in [0.5, 0.6) is 0 Å². The van der Waals surface area contributed by atoms with Crippen molar-refractivity contribution in [3.8, 4) is 0 Å². The minimum atomic E-state index is -0.0194. The molecule has 5 heteroatoms. The molecule has 0 fully saturated rings. The third kappa shape index (κ3) is 2.00. The van der Waals surface area contributed by atoms with Crippen molar-refractivity contribution in [2.75, 3.05) is 0 Å². The first-order chi connectivity index (χ1) is 10.8. The molecule has 1 aliphatic carbocycles. The Morgan fingerprint density at radius 3 is 1.73 bits per heavy atom. The van der Waals surface area contributed by atoms with Gasteiger partial charge in [-0.05, 0) is 23.3 Å². The number of benzene rings is 1. The summed E-state index contributed by atoms with van der Waals surface area (Å²) in [6.45, 7) is 0. The van der Waals surface area contributed by atoms with Crippen molar-refractivity contribution >= 4 is 29.1 Å². The lowest BCUT2D eigenvalue weighted by Crippen LogP contribution is -1.95. The highest BCUT2D eigenvalue weighted by Gasteiger charge is 2.29. The largest absolute Gasteiger partial charge is 0.345 e. The fraction of sp³-hybridized carbons (Fsp3) is 0. The molecule has 2 heterocycles. The Morgan fingerprint density at radius 2 is 1.32 bits per heavy atom. The lowest BCUT2D eigenvalue weighted by Gasteiger charge is -1.97. The number of H-pyrrole nitrogens is 2. The fourth-order valence-electron chi connectivity index (χ4n) is 2.62. The second-order valence-electron chi connectivity index (χ2n) is 4.94. The van der Waals surface area contributed by atoms with E-state index >= 15 is 0 Å². The molecule has 22 heavy (non-hydrogen) atoms. The molecule has 3 aromatic rings. The lowest BCUT2D eigenvalue weighted by atomic mass is 10.1. The van der Waals surface area contributed by atoms with Crippen LogP contribution in [-0.2, 0) is 4.79 Å². The first-order valence-electron chi connectivity index (χ1n) is 6.89. The molecular formula is C17H12N4O. The maximum absolute atomic E-state index is 12.8. The second-order valence-corrected chi connectivity index (χ2v) is 4.94. The maximum Gasteiger partial charge on any atom is 0.194 e. The molecule has 0 unspecified atom stereocenters. The van der Waals surface area contributed by atoms with Gasteiger partial charge in [-0.1, -0.05) is 24.3 Å². The average molecular weight is 288 g/mol. The van der Waals surface area contributed by atoms with Crippen LogP contribution in [0.2, 0.25) is 0 Å². The highest BCUT2D eigenvalue weighted by molar-refractivity contribution is 6.51. The van der Waals surface area contributed by atoms with Crippen LogP contribution in [0, 0.1) is 0 Å². The number of carbonyl (C=O) groups excluding carboxylic acids is 1. The summed E-state index contributed by atoms with van der Waals surface area (Å²) in [7, 11) is 0. The summed E-state index contributed by atoms with van der Waals surface area (Å²) in [6.07, 6.45) is 10.4. The molecule has 0 spiro atoms. The van der Waals surface area contributed by atoms with Gasteiger partial charge in [0.05, 0.1) is 0 Å². The van der Waals surface area contributed by atoms with Gasteiger partial charge >= 0.3 is 0 Å². The van der Waals surface area contributed by atoms with Crippen molar-refractivity contribution in [2.45, 2.75) is 0 Å². The lowest BCUT2D eigenvalue weighted by molar-refractivity contribution is -0.108. The zero-order valence-corrected chi connectivity index (χ0v) is 11.6. The van der Waals surface area contributed by atoms with Crippen LogP contribution in [0.1, 0.15) is 22.8 Å². The van der Waals surface area contributed by atoms with Gasteiger partial charge in [0.1, 0.15) is 11.6 Å². The smallest absolute Gasteiger partial charge is 0.194 e. The van der Waals surface area contributed by atoms with Crippen molar-refractivity contribution in [1.29, 1.82) is 0 Å². The normalized spacial score (nSPS) is 17.4. The van der Waals surface area contributed by atoms with Crippen LogP contribution in [0.3, 0.4) is 0 Å². The Labute approximate surface area is 126 Å². The molecule has 0 saturated carbocycles. The zero-order valence-electron chi connectivity index (χ0n) is 11.6. The highest BCUT2D eigenvalue weighted by Crippen LogP contribution is 2.38. The molecule has 106 valence electrons. The maximum atomic E-state index is 12.8. The van der Waals surface area contributed by atoms with Gasteiger partial charge in [-0.25, -0.2) is 9.97 Å². The molecule has 5 nitrogen and oxygen atoms in total. The molecular weight excluding hydrogens is 276 g/mol. The van der Waals surface area contributed by atoms with E-state index < -0.39 is 0 Å². The van der Waals surface area contributed by atoms with E-state index in [0.29, 0.717) is 22.8 Å². The van der Waals surface area contributed by atoms with Crippen molar-refractivity contribution in [3.05, 3.63) is 71.8 Å². The number of ketones is 1. The molecule has 0 bridgehead atoms. The summed E-state index contributed by atoms with van der Waals surface area (Å²) >= 11 is 0. The minimum Gasteiger partial charge on any atom is -0.345 e. The van der Waals surface area contributed by atoms with Gasteiger partial charge in [0.15, 0.2) is 5.78 Å². The molecule has 1 aliphatic rings. The molecule has 0 atom stereocenters. The number of fused-ring (bicyclic) bond motifs is 1. The minimum absolute atomic E-state index is 0.0194. The summed E-state index contributed by atoms with van der Waals surface area (Å²) in [5.41, 5.74) is 3.12. The van der Waals surface area contributed by atoms with Crippen LogP contribution in [0.25, 0.3) is 23.3 Å². The number of Topliss-reactive ketones (excluding diaryl/α,β-unsaturated/α-hetero) is 1. The number of hydrogen-bond acceptors (Lipinski definition) is 3. The first-order valence-corrected chi connectivity index (χ1v) is 6.89. The van der Waals surface area contributed by atoms with Gasteiger partial charge in [-0.15, -0.1) is 0 Å². The predicted molar refractivity (Wildman–Crippen MR) is 84.4 cm³/mol. The Kier molecular flexibility index (Phi) is 2.83. The van der Waals surface area contributed by atoms with Crippen LogP contribution >= 0.6 is 0 Å². The third-order valence-corrected chi connectivity index (χ3v) is 3.60. The summed E-state index contributed by atoms with van der Waals surface area (Å²) in [5.74, 6) is 1.31. The van der Waals surface area contributed by atoms with Crippen LogP contribution < -0.4 is 0 Å². The topological polar surface area (TPSA) is 74.4 Å². The van der Waals surface area contributed by atoms with E-state index in [1.54, 1.807) is 36.9 Å². The number of aromatic nitrogens is 4. The van der Waals surface area contributed by atoms with E-state index in [1.165, 1.54) is 0 Å². The Bertz CT molecular complexity index is 813. The molecule has 0 radical (unpaired) electrons. The van der Waals surface area contributed by atoms with E-state index in [-0.39, 0.29) is 5.78 Å². The van der Waals surface area contributed by atoms with Crippen LogP contribution in [-0.4, -0.2) is 25.7 Å². The van der Waals surface area contributed by atoms with Gasteiger partial charge in [0.25, 0.3) is 0 Å². The van der Waals surface area contributed by atoms with E-state index in [4.69, 9.17) is 0 Å². The van der Waals surface area contributed by atoms with E-state index in [2.05, 4.69) is 19.9 Å². The molecule has 0 amide bonds.